The van der Waals surface area contributed by atoms with Crippen molar-refractivity contribution in [3.8, 4) is 11.4 Å². The van der Waals surface area contributed by atoms with Gasteiger partial charge in [-0.3, -0.25) is 0 Å². The molecule has 2 aromatic carbocycles. The largest absolute Gasteiger partial charge is 0.338 e. The van der Waals surface area contributed by atoms with Crippen molar-refractivity contribution >= 4 is 11.0 Å². The number of aromatic amines is 1. The van der Waals surface area contributed by atoms with Gasteiger partial charge in [-0.05, 0) is 63.5 Å². The molecule has 0 amide bonds. The Morgan fingerprint density at radius 1 is 0.857 bits per heavy atom. The fourth-order valence-electron chi connectivity index (χ4n) is 5.41. The zero-order valence-electron chi connectivity index (χ0n) is 18.7. The van der Waals surface area contributed by atoms with Crippen molar-refractivity contribution in [2.75, 3.05) is 0 Å². The number of benzene rings is 2. The van der Waals surface area contributed by atoms with Crippen LogP contribution in [0.5, 0.6) is 0 Å². The van der Waals surface area contributed by atoms with Crippen molar-refractivity contribution in [3.05, 3.63) is 52.6 Å². The number of fused-ring (bicyclic) bond motifs is 2. The number of nitrogens with one attached hydrogen (secondary N) is 1. The van der Waals surface area contributed by atoms with E-state index in [0.717, 1.165) is 16.9 Å². The van der Waals surface area contributed by atoms with Gasteiger partial charge in [0.05, 0.1) is 11.0 Å². The van der Waals surface area contributed by atoms with E-state index in [9.17, 15) is 0 Å². The van der Waals surface area contributed by atoms with Crippen molar-refractivity contribution in [1.29, 1.82) is 0 Å². The van der Waals surface area contributed by atoms with E-state index in [-0.39, 0.29) is 10.8 Å². The maximum absolute atomic E-state index is 5.10. The molecule has 148 valence electrons. The summed E-state index contributed by atoms with van der Waals surface area (Å²) in [6.45, 7) is 18.5. The second-order valence-electron chi connectivity index (χ2n) is 10.6. The average Bonchev–Trinajstić information content (AvgIpc) is 3.08. The van der Waals surface area contributed by atoms with Crippen LogP contribution in [0.1, 0.15) is 95.9 Å². The highest BCUT2D eigenvalue weighted by atomic mass is 14.9. The summed E-state index contributed by atoms with van der Waals surface area (Å²) in [4.78, 5) is 8.79. The van der Waals surface area contributed by atoms with Crippen LogP contribution in [0.3, 0.4) is 0 Å². The van der Waals surface area contributed by atoms with E-state index >= 15 is 0 Å². The highest BCUT2D eigenvalue weighted by molar-refractivity contribution is 5.83. The number of nitrogens with zero attached hydrogens (tertiary/aromatic N) is 1. The summed E-state index contributed by atoms with van der Waals surface area (Å²) in [5, 5.41) is 0. The zero-order valence-corrected chi connectivity index (χ0v) is 18.7. The molecule has 1 aliphatic rings. The number of aromatic nitrogens is 2. The molecule has 0 aliphatic heterocycles. The lowest BCUT2D eigenvalue weighted by atomic mass is 9.82. The van der Waals surface area contributed by atoms with E-state index in [1.165, 1.54) is 34.2 Å². The van der Waals surface area contributed by atoms with Crippen LogP contribution >= 0.6 is 0 Å². The van der Waals surface area contributed by atoms with Gasteiger partial charge >= 0.3 is 0 Å². The summed E-state index contributed by atoms with van der Waals surface area (Å²) < 4.78 is 0. The predicted octanol–water partition coefficient (Wildman–Crippen LogP) is 7.44. The minimum Gasteiger partial charge on any atom is -0.338 e. The molecular weight excluding hydrogens is 340 g/mol. The van der Waals surface area contributed by atoms with Gasteiger partial charge in [-0.2, -0.15) is 0 Å². The highest BCUT2D eigenvalue weighted by Gasteiger charge is 2.42. The van der Waals surface area contributed by atoms with Crippen LogP contribution in [-0.2, 0) is 10.8 Å². The Hall–Kier alpha value is -2.09. The first-order chi connectivity index (χ1) is 13.0. The number of hydrogen-bond donors (Lipinski definition) is 1. The maximum atomic E-state index is 5.10. The standard InChI is InChI=1S/C26H34N2/c1-15(2)17-10-9-11-18(16(3)4)23(17)24-27-21-12-19-20(13-22(21)28-24)26(7,8)14-25(19,5)6/h9-13,15-16H,14H2,1-8H3,(H,27,28). The molecule has 28 heavy (non-hydrogen) atoms. The molecule has 0 radical (unpaired) electrons. The smallest absolute Gasteiger partial charge is 0.139 e. The first kappa shape index (κ1) is 19.2. The molecule has 1 N–H and O–H groups in total. The van der Waals surface area contributed by atoms with Crippen LogP contribution in [0.15, 0.2) is 30.3 Å². The molecule has 0 spiro atoms. The lowest BCUT2D eigenvalue weighted by Crippen LogP contribution is -2.17. The van der Waals surface area contributed by atoms with Crippen molar-refractivity contribution in [3.63, 3.8) is 0 Å². The number of H-pyrrole nitrogens is 1. The van der Waals surface area contributed by atoms with E-state index in [2.05, 4.69) is 90.7 Å². The van der Waals surface area contributed by atoms with E-state index in [0.29, 0.717) is 11.8 Å². The molecule has 2 heteroatoms. The Morgan fingerprint density at radius 3 is 1.93 bits per heavy atom. The quantitative estimate of drug-likeness (QED) is 0.507. The van der Waals surface area contributed by atoms with Crippen LogP contribution in [0.4, 0.5) is 0 Å². The molecule has 1 aliphatic carbocycles. The Kier molecular flexibility index (Phi) is 4.26. The van der Waals surface area contributed by atoms with Crippen molar-refractivity contribution < 1.29 is 0 Å². The van der Waals surface area contributed by atoms with E-state index in [4.69, 9.17) is 4.98 Å². The Labute approximate surface area is 169 Å². The van der Waals surface area contributed by atoms with Gasteiger partial charge in [0.1, 0.15) is 5.82 Å². The number of imidazole rings is 1. The minimum atomic E-state index is 0.199. The van der Waals surface area contributed by atoms with E-state index < -0.39 is 0 Å². The zero-order chi connectivity index (χ0) is 20.4. The Morgan fingerprint density at radius 2 is 1.39 bits per heavy atom. The summed E-state index contributed by atoms with van der Waals surface area (Å²) in [5.74, 6) is 1.94. The van der Waals surface area contributed by atoms with Crippen molar-refractivity contribution in [1.82, 2.24) is 9.97 Å². The van der Waals surface area contributed by atoms with E-state index in [1.54, 1.807) is 0 Å². The van der Waals surface area contributed by atoms with E-state index in [1.807, 2.05) is 0 Å². The SMILES string of the molecule is CC(C)c1cccc(C(C)C)c1-c1nc2cc3c(cc2[nH]1)C(C)(C)CC3(C)C. The van der Waals surface area contributed by atoms with Crippen LogP contribution in [-0.4, -0.2) is 9.97 Å². The molecule has 0 saturated heterocycles. The second kappa shape index (κ2) is 6.20. The summed E-state index contributed by atoms with van der Waals surface area (Å²) in [6.07, 6.45) is 1.18. The summed E-state index contributed by atoms with van der Waals surface area (Å²) >= 11 is 0. The van der Waals surface area contributed by atoms with Gasteiger partial charge in [0.25, 0.3) is 0 Å². The highest BCUT2D eigenvalue weighted by Crippen LogP contribution is 2.50. The fraction of sp³-hybridized carbons (Fsp3) is 0.500. The summed E-state index contributed by atoms with van der Waals surface area (Å²) in [7, 11) is 0. The van der Waals surface area contributed by atoms with Crippen molar-refractivity contribution in [2.24, 2.45) is 0 Å². The maximum Gasteiger partial charge on any atom is 0.139 e. The van der Waals surface area contributed by atoms with Gasteiger partial charge in [0.15, 0.2) is 0 Å². The summed E-state index contributed by atoms with van der Waals surface area (Å²) in [5.41, 5.74) is 9.63. The van der Waals surface area contributed by atoms with Crippen molar-refractivity contribution in [2.45, 2.75) is 84.5 Å². The Bertz CT molecular complexity index is 970. The molecule has 1 aromatic heterocycles. The third-order valence-corrected chi connectivity index (χ3v) is 6.57. The molecular formula is C26H34N2. The van der Waals surface area contributed by atoms with Crippen LogP contribution < -0.4 is 0 Å². The minimum absolute atomic E-state index is 0.199. The fourth-order valence-corrected chi connectivity index (χ4v) is 5.41. The lowest BCUT2D eigenvalue weighted by molar-refractivity contribution is 0.403. The van der Waals surface area contributed by atoms with Gasteiger partial charge in [-0.25, -0.2) is 4.98 Å². The molecule has 0 unspecified atom stereocenters. The van der Waals surface area contributed by atoms with Crippen LogP contribution in [0, 0.1) is 0 Å². The molecule has 0 atom stereocenters. The average molecular weight is 375 g/mol. The van der Waals surface area contributed by atoms with Crippen LogP contribution in [0.2, 0.25) is 0 Å². The third kappa shape index (κ3) is 2.89. The number of hydrogen-bond acceptors (Lipinski definition) is 1. The predicted molar refractivity (Wildman–Crippen MR) is 120 cm³/mol. The summed E-state index contributed by atoms with van der Waals surface area (Å²) in [6, 6.07) is 11.4. The molecule has 2 nitrogen and oxygen atoms in total. The van der Waals surface area contributed by atoms with Crippen LogP contribution in [0.25, 0.3) is 22.4 Å². The van der Waals surface area contributed by atoms with Gasteiger partial charge in [-0.15, -0.1) is 0 Å². The first-order valence-electron chi connectivity index (χ1n) is 10.7. The monoisotopic (exact) mass is 374 g/mol. The molecule has 3 aromatic rings. The number of rotatable bonds is 3. The molecule has 0 saturated carbocycles. The van der Waals surface area contributed by atoms with Gasteiger partial charge in [-0.1, -0.05) is 73.6 Å². The lowest BCUT2D eigenvalue weighted by Gasteiger charge is -2.22. The molecule has 0 bridgehead atoms. The molecule has 1 heterocycles. The van der Waals surface area contributed by atoms with Gasteiger partial charge in [0, 0.05) is 5.56 Å². The normalized spacial score (nSPS) is 17.6. The Balaban J connectivity index is 1.97. The molecule has 0 fully saturated rings. The first-order valence-corrected chi connectivity index (χ1v) is 10.7. The third-order valence-electron chi connectivity index (χ3n) is 6.57. The second-order valence-corrected chi connectivity index (χ2v) is 10.6. The van der Waals surface area contributed by atoms with Gasteiger partial charge < -0.3 is 4.98 Å². The van der Waals surface area contributed by atoms with Gasteiger partial charge in [0.2, 0.25) is 0 Å². The topological polar surface area (TPSA) is 28.7 Å². The molecule has 4 rings (SSSR count).